The van der Waals surface area contributed by atoms with Crippen molar-refractivity contribution in [3.05, 3.63) is 48.3 Å². The van der Waals surface area contributed by atoms with E-state index in [1.54, 1.807) is 29.0 Å². The highest BCUT2D eigenvalue weighted by molar-refractivity contribution is 5.83. The minimum absolute atomic E-state index is 0.0810. The van der Waals surface area contributed by atoms with Crippen LogP contribution in [0.15, 0.2) is 42.7 Å². The molecule has 26 heavy (non-hydrogen) atoms. The van der Waals surface area contributed by atoms with Crippen molar-refractivity contribution >= 4 is 17.4 Å². The van der Waals surface area contributed by atoms with E-state index in [0.717, 1.165) is 24.5 Å². The number of hydrogen-bond acceptors (Lipinski definition) is 6. The highest BCUT2D eigenvalue weighted by Gasteiger charge is 2.26. The van der Waals surface area contributed by atoms with Crippen LogP contribution in [-0.2, 0) is 4.79 Å². The number of aromatic nitrogens is 4. The smallest absolute Gasteiger partial charge is 0.229 e. The molecule has 134 valence electrons. The van der Waals surface area contributed by atoms with Gasteiger partial charge in [0.2, 0.25) is 5.91 Å². The molecule has 0 aliphatic carbocycles. The molecule has 8 heteroatoms. The summed E-state index contributed by atoms with van der Waals surface area (Å²) in [4.78, 5) is 16.8. The third kappa shape index (κ3) is 3.05. The zero-order valence-electron chi connectivity index (χ0n) is 14.5. The molecule has 1 aliphatic heterocycles. The van der Waals surface area contributed by atoms with Crippen LogP contribution in [0.5, 0.6) is 5.75 Å². The number of aromatic hydroxyl groups is 1. The Morgan fingerprint density at radius 2 is 1.96 bits per heavy atom. The number of fused-ring (bicyclic) bond motifs is 1. The molecule has 1 fully saturated rings. The Bertz CT molecular complexity index is 932. The van der Waals surface area contributed by atoms with Gasteiger partial charge in [0.05, 0.1) is 5.92 Å². The Kier molecular flexibility index (Phi) is 4.16. The minimum Gasteiger partial charge on any atom is -0.508 e. The number of carbonyl (C=O) groups is 1. The number of anilines is 1. The summed E-state index contributed by atoms with van der Waals surface area (Å²) in [5.74, 6) is 0.838. The van der Waals surface area contributed by atoms with E-state index in [1.165, 1.54) is 0 Å². The third-order valence-electron chi connectivity index (χ3n) is 4.80. The molecule has 1 aromatic carbocycles. The van der Waals surface area contributed by atoms with Crippen LogP contribution in [0.3, 0.4) is 0 Å². The second-order valence-electron chi connectivity index (χ2n) is 6.45. The summed E-state index contributed by atoms with van der Waals surface area (Å²) in [6.07, 6.45) is 1.58. The molecule has 0 radical (unpaired) electrons. The van der Waals surface area contributed by atoms with Gasteiger partial charge in [-0.25, -0.2) is 0 Å². The molecular weight excluding hydrogens is 332 g/mol. The van der Waals surface area contributed by atoms with Crippen molar-refractivity contribution in [1.29, 1.82) is 0 Å². The molecule has 0 bridgehead atoms. The lowest BCUT2D eigenvalue weighted by molar-refractivity contribution is -0.132. The molecule has 1 unspecified atom stereocenters. The first-order chi connectivity index (χ1) is 12.6. The van der Waals surface area contributed by atoms with Crippen LogP contribution in [0, 0.1) is 0 Å². The second kappa shape index (κ2) is 6.62. The Hall–Kier alpha value is -3.16. The largest absolute Gasteiger partial charge is 0.508 e. The van der Waals surface area contributed by atoms with Gasteiger partial charge in [-0.15, -0.1) is 15.3 Å². The predicted molar refractivity (Wildman–Crippen MR) is 96.1 cm³/mol. The van der Waals surface area contributed by atoms with Crippen molar-refractivity contribution in [3.63, 3.8) is 0 Å². The Morgan fingerprint density at radius 3 is 2.73 bits per heavy atom. The molecular formula is C18H20N6O2. The topological polar surface area (TPSA) is 86.9 Å². The average molecular weight is 352 g/mol. The molecule has 1 saturated heterocycles. The molecule has 3 aromatic rings. The fourth-order valence-corrected chi connectivity index (χ4v) is 3.25. The van der Waals surface area contributed by atoms with Gasteiger partial charge in [-0.05, 0) is 36.8 Å². The van der Waals surface area contributed by atoms with Gasteiger partial charge in [0, 0.05) is 26.2 Å². The molecule has 3 heterocycles. The van der Waals surface area contributed by atoms with Gasteiger partial charge in [0.1, 0.15) is 17.9 Å². The molecule has 4 rings (SSSR count). The van der Waals surface area contributed by atoms with Gasteiger partial charge < -0.3 is 14.9 Å². The van der Waals surface area contributed by atoms with E-state index in [0.29, 0.717) is 18.7 Å². The molecule has 1 amide bonds. The van der Waals surface area contributed by atoms with Gasteiger partial charge in [-0.1, -0.05) is 12.1 Å². The van der Waals surface area contributed by atoms with Crippen molar-refractivity contribution < 1.29 is 9.90 Å². The van der Waals surface area contributed by atoms with Crippen LogP contribution in [0.2, 0.25) is 0 Å². The highest BCUT2D eigenvalue weighted by atomic mass is 16.3. The standard InChI is InChI=1S/C18H20N6O2/c1-13(14-3-2-4-15(25)11-14)18(26)23-9-7-22(8-10-23)17-6-5-16-20-19-12-24(16)21-17/h2-6,11-13,25H,7-10H2,1H3. The number of benzene rings is 1. The first-order valence-electron chi connectivity index (χ1n) is 8.61. The summed E-state index contributed by atoms with van der Waals surface area (Å²) in [6, 6.07) is 10.7. The number of rotatable bonds is 3. The maximum Gasteiger partial charge on any atom is 0.229 e. The average Bonchev–Trinajstić information content (AvgIpc) is 3.15. The van der Waals surface area contributed by atoms with Crippen molar-refractivity contribution in [2.24, 2.45) is 0 Å². The monoisotopic (exact) mass is 352 g/mol. The molecule has 0 spiro atoms. The Balaban J connectivity index is 1.41. The first kappa shape index (κ1) is 16.3. The SMILES string of the molecule is CC(C(=O)N1CCN(c2ccc3nncn3n2)CC1)c1cccc(O)c1. The lowest BCUT2D eigenvalue weighted by Gasteiger charge is -2.36. The molecule has 1 N–H and O–H groups in total. The van der Waals surface area contributed by atoms with Gasteiger partial charge in [0.25, 0.3) is 0 Å². The van der Waals surface area contributed by atoms with E-state index in [2.05, 4.69) is 20.2 Å². The first-order valence-corrected chi connectivity index (χ1v) is 8.61. The number of piperazine rings is 1. The normalized spacial score (nSPS) is 16.0. The van der Waals surface area contributed by atoms with Crippen LogP contribution in [-0.4, -0.2) is 61.9 Å². The van der Waals surface area contributed by atoms with E-state index in [-0.39, 0.29) is 17.6 Å². The highest BCUT2D eigenvalue weighted by Crippen LogP contribution is 2.23. The fraction of sp³-hybridized carbons (Fsp3) is 0.333. The van der Waals surface area contributed by atoms with Crippen LogP contribution in [0.4, 0.5) is 5.82 Å². The Morgan fingerprint density at radius 1 is 1.15 bits per heavy atom. The maximum absolute atomic E-state index is 12.8. The lowest BCUT2D eigenvalue weighted by Crippen LogP contribution is -2.50. The maximum atomic E-state index is 12.8. The van der Waals surface area contributed by atoms with Crippen LogP contribution in [0.25, 0.3) is 5.65 Å². The second-order valence-corrected chi connectivity index (χ2v) is 6.45. The zero-order valence-corrected chi connectivity index (χ0v) is 14.5. The summed E-state index contributed by atoms with van der Waals surface area (Å²) in [6.45, 7) is 4.61. The van der Waals surface area contributed by atoms with Crippen molar-refractivity contribution in [2.45, 2.75) is 12.8 Å². The number of phenols is 1. The summed E-state index contributed by atoms with van der Waals surface area (Å²) >= 11 is 0. The fourth-order valence-electron chi connectivity index (χ4n) is 3.25. The molecule has 8 nitrogen and oxygen atoms in total. The number of carbonyl (C=O) groups excluding carboxylic acids is 1. The zero-order chi connectivity index (χ0) is 18.1. The van der Waals surface area contributed by atoms with Gasteiger partial charge in [-0.2, -0.15) is 4.52 Å². The summed E-state index contributed by atoms with van der Waals surface area (Å²) in [5, 5.41) is 21.9. The van der Waals surface area contributed by atoms with Crippen LogP contribution >= 0.6 is 0 Å². The van der Waals surface area contributed by atoms with E-state index in [9.17, 15) is 9.90 Å². The quantitative estimate of drug-likeness (QED) is 0.764. The van der Waals surface area contributed by atoms with Crippen molar-refractivity contribution in [1.82, 2.24) is 24.7 Å². The minimum atomic E-state index is -0.278. The number of hydrogen-bond donors (Lipinski definition) is 1. The summed E-state index contributed by atoms with van der Waals surface area (Å²) in [7, 11) is 0. The predicted octanol–water partition coefficient (Wildman–Crippen LogP) is 1.28. The number of phenolic OH excluding ortho intramolecular Hbond substituents is 1. The van der Waals surface area contributed by atoms with Gasteiger partial charge in [0.15, 0.2) is 5.65 Å². The molecule has 0 saturated carbocycles. The van der Waals surface area contributed by atoms with E-state index < -0.39 is 0 Å². The lowest BCUT2D eigenvalue weighted by atomic mass is 9.99. The molecule has 1 aliphatic rings. The van der Waals surface area contributed by atoms with Crippen LogP contribution < -0.4 is 4.90 Å². The number of nitrogens with zero attached hydrogens (tertiary/aromatic N) is 6. The van der Waals surface area contributed by atoms with Gasteiger partial charge >= 0.3 is 0 Å². The molecule has 2 aromatic heterocycles. The van der Waals surface area contributed by atoms with E-state index in [1.807, 2.05) is 30.0 Å². The van der Waals surface area contributed by atoms with Gasteiger partial charge in [-0.3, -0.25) is 4.79 Å². The summed E-state index contributed by atoms with van der Waals surface area (Å²) in [5.41, 5.74) is 1.54. The van der Waals surface area contributed by atoms with Crippen molar-refractivity contribution in [3.8, 4) is 5.75 Å². The summed E-state index contributed by atoms with van der Waals surface area (Å²) < 4.78 is 1.65. The van der Waals surface area contributed by atoms with Crippen molar-refractivity contribution in [2.75, 3.05) is 31.1 Å². The third-order valence-corrected chi connectivity index (χ3v) is 4.80. The molecule has 1 atom stereocenters. The number of amides is 1. The van der Waals surface area contributed by atoms with E-state index >= 15 is 0 Å². The van der Waals surface area contributed by atoms with E-state index in [4.69, 9.17) is 0 Å². The van der Waals surface area contributed by atoms with Crippen LogP contribution in [0.1, 0.15) is 18.4 Å². The Labute approximate surface area is 150 Å².